The maximum Gasteiger partial charge on any atom is 0.156 e. The minimum absolute atomic E-state index is 0.268. The summed E-state index contributed by atoms with van der Waals surface area (Å²) < 4.78 is 6.09. The van der Waals surface area contributed by atoms with Gasteiger partial charge in [0.05, 0.1) is 17.1 Å². The van der Waals surface area contributed by atoms with Gasteiger partial charge in [0.2, 0.25) is 0 Å². The van der Waals surface area contributed by atoms with E-state index in [1.807, 2.05) is 25.1 Å². The number of ketones is 1. The van der Waals surface area contributed by atoms with E-state index in [1.54, 1.807) is 7.11 Å². The summed E-state index contributed by atoms with van der Waals surface area (Å²) in [7, 11) is 1.64. The van der Waals surface area contributed by atoms with E-state index < -0.39 is 0 Å². The molecule has 0 spiro atoms. The summed E-state index contributed by atoms with van der Waals surface area (Å²) in [4.78, 5) is 12.4. The largest absolute Gasteiger partial charge is 0.496 e. The van der Waals surface area contributed by atoms with Gasteiger partial charge in [0.15, 0.2) is 5.78 Å². The molecular weight excluding hydrogens is 306 g/mol. The molecule has 1 fully saturated rings. The van der Waals surface area contributed by atoms with E-state index in [2.05, 4.69) is 21.2 Å². The maximum atomic E-state index is 12.4. The first-order chi connectivity index (χ1) is 9.05. The van der Waals surface area contributed by atoms with Crippen molar-refractivity contribution in [2.24, 2.45) is 0 Å². The molecule has 0 bridgehead atoms. The van der Waals surface area contributed by atoms with Crippen LogP contribution in [0.25, 0.3) is 0 Å². The molecule has 0 aliphatic carbocycles. The summed E-state index contributed by atoms with van der Waals surface area (Å²) in [5, 5.41) is 3.37. The van der Waals surface area contributed by atoms with Crippen LogP contribution in [0.15, 0.2) is 22.7 Å². The van der Waals surface area contributed by atoms with Gasteiger partial charge in [-0.05, 0) is 66.4 Å². The zero-order valence-corrected chi connectivity index (χ0v) is 13.0. The van der Waals surface area contributed by atoms with Crippen molar-refractivity contribution in [1.82, 2.24) is 5.32 Å². The molecule has 1 aromatic rings. The van der Waals surface area contributed by atoms with E-state index in [4.69, 9.17) is 4.74 Å². The highest BCUT2D eigenvalue weighted by Gasteiger charge is 2.33. The molecule has 1 N–H and O–H groups in total. The molecule has 0 radical (unpaired) electrons. The monoisotopic (exact) mass is 325 g/mol. The van der Waals surface area contributed by atoms with Gasteiger partial charge in [-0.2, -0.15) is 0 Å². The van der Waals surface area contributed by atoms with E-state index in [-0.39, 0.29) is 11.3 Å². The molecule has 1 unspecified atom stereocenters. The highest BCUT2D eigenvalue weighted by atomic mass is 79.9. The predicted octanol–water partition coefficient (Wildman–Crippen LogP) is 3.10. The SMILES string of the molecule is COc1ccc(CC(=O)C2(C)CCCCN2)cc1Br. The molecule has 2 rings (SSSR count). The van der Waals surface area contributed by atoms with Crippen LogP contribution in [0.1, 0.15) is 31.7 Å². The first-order valence-corrected chi connectivity index (χ1v) is 7.45. The summed E-state index contributed by atoms with van der Waals surface area (Å²) >= 11 is 3.45. The Morgan fingerprint density at radius 3 is 2.84 bits per heavy atom. The smallest absolute Gasteiger partial charge is 0.156 e. The second-order valence-corrected chi connectivity index (χ2v) is 6.14. The van der Waals surface area contributed by atoms with E-state index >= 15 is 0 Å². The van der Waals surface area contributed by atoms with Crippen molar-refractivity contribution in [3.63, 3.8) is 0 Å². The van der Waals surface area contributed by atoms with Crippen LogP contribution in [-0.4, -0.2) is 25.0 Å². The van der Waals surface area contributed by atoms with Crippen LogP contribution < -0.4 is 10.1 Å². The molecule has 1 aliphatic heterocycles. The standard InChI is InChI=1S/C15H20BrNO2/c1-15(7-3-4-8-17-15)14(18)10-11-5-6-13(19-2)12(16)9-11/h5-6,9,17H,3-4,7-8,10H2,1-2H3. The zero-order valence-electron chi connectivity index (χ0n) is 11.5. The van der Waals surface area contributed by atoms with Crippen molar-refractivity contribution in [3.05, 3.63) is 28.2 Å². The number of Topliss-reactive ketones (excluding diaryl/α,β-unsaturated/α-hetero) is 1. The Labute approximate surface area is 122 Å². The molecular formula is C15H20BrNO2. The summed E-state index contributed by atoms with van der Waals surface area (Å²) in [6, 6.07) is 5.81. The lowest BCUT2D eigenvalue weighted by molar-refractivity contribution is -0.125. The molecule has 4 heteroatoms. The Hall–Kier alpha value is -0.870. The Kier molecular flexibility index (Phi) is 4.63. The summed E-state index contributed by atoms with van der Waals surface area (Å²) in [5.74, 6) is 1.06. The van der Waals surface area contributed by atoms with Crippen LogP contribution in [0.5, 0.6) is 5.75 Å². The van der Waals surface area contributed by atoms with Crippen LogP contribution in [0.2, 0.25) is 0 Å². The maximum absolute atomic E-state index is 12.4. The van der Waals surface area contributed by atoms with Crippen molar-refractivity contribution in [1.29, 1.82) is 0 Å². The number of hydrogen-bond acceptors (Lipinski definition) is 3. The number of methoxy groups -OCH3 is 1. The first-order valence-electron chi connectivity index (χ1n) is 6.66. The number of nitrogens with one attached hydrogen (secondary N) is 1. The van der Waals surface area contributed by atoms with Crippen molar-refractivity contribution in [2.75, 3.05) is 13.7 Å². The molecule has 0 saturated carbocycles. The van der Waals surface area contributed by atoms with Gasteiger partial charge in [0.1, 0.15) is 5.75 Å². The molecule has 3 nitrogen and oxygen atoms in total. The van der Waals surface area contributed by atoms with Crippen molar-refractivity contribution < 1.29 is 9.53 Å². The topological polar surface area (TPSA) is 38.3 Å². The lowest BCUT2D eigenvalue weighted by Gasteiger charge is -2.33. The zero-order chi connectivity index (χ0) is 13.9. The van der Waals surface area contributed by atoms with Crippen LogP contribution in [0.4, 0.5) is 0 Å². The third kappa shape index (κ3) is 3.37. The number of ether oxygens (including phenoxy) is 1. The second-order valence-electron chi connectivity index (χ2n) is 5.28. The highest BCUT2D eigenvalue weighted by Crippen LogP contribution is 2.27. The summed E-state index contributed by atoms with van der Waals surface area (Å²) in [6.45, 7) is 2.96. The lowest BCUT2D eigenvalue weighted by atomic mass is 9.84. The van der Waals surface area contributed by atoms with Crippen LogP contribution in [0.3, 0.4) is 0 Å². The second kappa shape index (κ2) is 6.06. The predicted molar refractivity (Wildman–Crippen MR) is 79.7 cm³/mol. The Morgan fingerprint density at radius 2 is 2.26 bits per heavy atom. The molecule has 0 amide bonds. The first kappa shape index (κ1) is 14.5. The Bertz CT molecular complexity index is 467. The normalized spacial score (nSPS) is 23.1. The average Bonchev–Trinajstić information content (AvgIpc) is 2.40. The van der Waals surface area contributed by atoms with Crippen LogP contribution in [-0.2, 0) is 11.2 Å². The third-order valence-corrected chi connectivity index (χ3v) is 4.43. The molecule has 1 heterocycles. The van der Waals surface area contributed by atoms with Gasteiger partial charge in [-0.25, -0.2) is 0 Å². The number of benzene rings is 1. The molecule has 1 atom stereocenters. The number of hydrogen-bond donors (Lipinski definition) is 1. The summed E-state index contributed by atoms with van der Waals surface area (Å²) in [5.41, 5.74) is 0.663. The lowest BCUT2D eigenvalue weighted by Crippen LogP contribution is -2.52. The van der Waals surface area contributed by atoms with E-state index in [0.29, 0.717) is 6.42 Å². The van der Waals surface area contributed by atoms with E-state index in [9.17, 15) is 4.79 Å². The van der Waals surface area contributed by atoms with E-state index in [1.165, 1.54) is 0 Å². The van der Waals surface area contributed by atoms with Gasteiger partial charge in [0.25, 0.3) is 0 Å². The number of piperidine rings is 1. The number of carbonyl (C=O) groups is 1. The highest BCUT2D eigenvalue weighted by molar-refractivity contribution is 9.10. The van der Waals surface area contributed by atoms with Gasteiger partial charge in [-0.1, -0.05) is 6.07 Å². The van der Waals surface area contributed by atoms with Crippen molar-refractivity contribution in [3.8, 4) is 5.75 Å². The van der Waals surface area contributed by atoms with Crippen molar-refractivity contribution in [2.45, 2.75) is 38.1 Å². The molecule has 1 aliphatic rings. The molecule has 104 valence electrons. The fourth-order valence-corrected chi connectivity index (χ4v) is 3.08. The number of carbonyl (C=O) groups excluding carboxylic acids is 1. The van der Waals surface area contributed by atoms with Crippen LogP contribution in [0, 0.1) is 0 Å². The van der Waals surface area contributed by atoms with E-state index in [0.717, 1.165) is 41.6 Å². The number of halogens is 1. The van der Waals surface area contributed by atoms with Gasteiger partial charge < -0.3 is 10.1 Å². The quantitative estimate of drug-likeness (QED) is 0.924. The van der Waals surface area contributed by atoms with Gasteiger partial charge in [-0.15, -0.1) is 0 Å². The van der Waals surface area contributed by atoms with Gasteiger partial charge in [0, 0.05) is 6.42 Å². The fourth-order valence-electron chi connectivity index (χ4n) is 2.49. The molecule has 19 heavy (non-hydrogen) atoms. The molecule has 0 aromatic heterocycles. The minimum Gasteiger partial charge on any atom is -0.496 e. The molecule has 1 aromatic carbocycles. The summed E-state index contributed by atoms with van der Waals surface area (Å²) in [6.07, 6.45) is 3.69. The number of rotatable bonds is 4. The van der Waals surface area contributed by atoms with Gasteiger partial charge >= 0.3 is 0 Å². The van der Waals surface area contributed by atoms with Crippen LogP contribution >= 0.6 is 15.9 Å². The minimum atomic E-state index is -0.356. The Morgan fingerprint density at radius 1 is 1.47 bits per heavy atom. The fraction of sp³-hybridized carbons (Fsp3) is 0.533. The third-order valence-electron chi connectivity index (χ3n) is 3.82. The molecule has 1 saturated heterocycles. The van der Waals surface area contributed by atoms with Gasteiger partial charge in [-0.3, -0.25) is 4.79 Å². The Balaban J connectivity index is 2.08. The van der Waals surface area contributed by atoms with Crippen molar-refractivity contribution >= 4 is 21.7 Å². The average molecular weight is 326 g/mol.